The number of aryl methyl sites for hydroxylation is 1. The third-order valence-corrected chi connectivity index (χ3v) is 4.81. The Hall–Kier alpha value is -1.88. The monoisotopic (exact) mass is 333 g/mol. The molecule has 0 radical (unpaired) electrons. The smallest absolute Gasteiger partial charge is 0.303 e. The zero-order valence-corrected chi connectivity index (χ0v) is 14.3. The summed E-state index contributed by atoms with van der Waals surface area (Å²) in [7, 11) is 0. The number of nitrogens with one attached hydrogen (secondary N) is 1. The molecule has 1 amide bonds. The molecule has 2 rings (SSSR count). The molecule has 0 spiro atoms. The second-order valence-corrected chi connectivity index (χ2v) is 6.48. The lowest BCUT2D eigenvalue weighted by atomic mass is 9.82. The van der Waals surface area contributed by atoms with Crippen LogP contribution in [-0.4, -0.2) is 30.2 Å². The fourth-order valence-corrected chi connectivity index (χ4v) is 3.32. The van der Waals surface area contributed by atoms with Gasteiger partial charge in [0.1, 0.15) is 0 Å². The van der Waals surface area contributed by atoms with Crippen LogP contribution in [0, 0.1) is 5.41 Å². The molecular formula is C19H27NO4. The molecule has 0 heterocycles. The lowest BCUT2D eigenvalue weighted by Crippen LogP contribution is -2.35. The summed E-state index contributed by atoms with van der Waals surface area (Å²) in [5, 5.41) is 11.8. The number of amides is 1. The highest BCUT2D eigenvalue weighted by Crippen LogP contribution is 2.42. The Morgan fingerprint density at radius 3 is 2.46 bits per heavy atom. The predicted octanol–water partition coefficient (Wildman–Crippen LogP) is 3.63. The molecular weight excluding hydrogens is 306 g/mol. The van der Waals surface area contributed by atoms with Gasteiger partial charge in [-0.3, -0.25) is 9.59 Å². The first-order chi connectivity index (χ1) is 11.6. The molecule has 5 heteroatoms. The maximum Gasteiger partial charge on any atom is 0.303 e. The molecule has 132 valence electrons. The van der Waals surface area contributed by atoms with E-state index in [2.05, 4.69) is 5.32 Å². The summed E-state index contributed by atoms with van der Waals surface area (Å²) in [6, 6.07) is 7.45. The van der Waals surface area contributed by atoms with Gasteiger partial charge in [0, 0.05) is 25.3 Å². The van der Waals surface area contributed by atoms with Crippen LogP contribution >= 0.6 is 0 Å². The quantitative estimate of drug-likeness (QED) is 0.677. The number of benzene rings is 1. The Labute approximate surface area is 143 Å². The van der Waals surface area contributed by atoms with Crippen LogP contribution in [0.1, 0.15) is 51.0 Å². The van der Waals surface area contributed by atoms with Gasteiger partial charge in [-0.05, 0) is 50.3 Å². The first-order valence-corrected chi connectivity index (χ1v) is 8.76. The van der Waals surface area contributed by atoms with E-state index in [-0.39, 0.29) is 17.7 Å². The first kappa shape index (κ1) is 18.5. The highest BCUT2D eigenvalue weighted by molar-refractivity contribution is 5.95. The highest BCUT2D eigenvalue weighted by atomic mass is 16.5. The molecule has 24 heavy (non-hydrogen) atoms. The van der Waals surface area contributed by atoms with Gasteiger partial charge >= 0.3 is 5.97 Å². The Bertz CT molecular complexity index is 547. The van der Waals surface area contributed by atoms with Crippen molar-refractivity contribution in [2.75, 3.05) is 18.5 Å². The molecule has 1 aliphatic rings. The van der Waals surface area contributed by atoms with Crippen LogP contribution in [-0.2, 0) is 20.7 Å². The number of carbonyl (C=O) groups excluding carboxylic acids is 1. The number of ether oxygens (including phenoxy) is 1. The maximum absolute atomic E-state index is 12.8. The predicted molar refractivity (Wildman–Crippen MR) is 93.0 cm³/mol. The topological polar surface area (TPSA) is 75.6 Å². The van der Waals surface area contributed by atoms with E-state index in [0.29, 0.717) is 19.6 Å². The zero-order valence-electron chi connectivity index (χ0n) is 14.3. The lowest BCUT2D eigenvalue weighted by Gasteiger charge is -2.27. The fourth-order valence-electron chi connectivity index (χ4n) is 3.32. The minimum Gasteiger partial charge on any atom is -0.481 e. The van der Waals surface area contributed by atoms with Gasteiger partial charge in [0.05, 0.1) is 5.41 Å². The summed E-state index contributed by atoms with van der Waals surface area (Å²) in [6.07, 6.45) is 5.41. The molecule has 1 aliphatic carbocycles. The van der Waals surface area contributed by atoms with Gasteiger partial charge in [-0.1, -0.05) is 25.0 Å². The van der Waals surface area contributed by atoms with Crippen molar-refractivity contribution in [1.82, 2.24) is 0 Å². The van der Waals surface area contributed by atoms with Gasteiger partial charge in [0.25, 0.3) is 0 Å². The lowest BCUT2D eigenvalue weighted by molar-refractivity contribution is -0.137. The largest absolute Gasteiger partial charge is 0.481 e. The van der Waals surface area contributed by atoms with Crippen molar-refractivity contribution < 1.29 is 19.4 Å². The van der Waals surface area contributed by atoms with Crippen molar-refractivity contribution >= 4 is 17.6 Å². The Morgan fingerprint density at radius 2 is 1.88 bits per heavy atom. The van der Waals surface area contributed by atoms with Gasteiger partial charge in [0.2, 0.25) is 5.91 Å². The van der Waals surface area contributed by atoms with Crippen LogP contribution in [0.5, 0.6) is 0 Å². The average Bonchev–Trinajstić information content (AvgIpc) is 3.04. The van der Waals surface area contributed by atoms with E-state index in [0.717, 1.165) is 43.4 Å². The van der Waals surface area contributed by atoms with E-state index in [1.165, 1.54) is 0 Å². The van der Waals surface area contributed by atoms with Gasteiger partial charge in [0.15, 0.2) is 0 Å². The molecule has 1 aromatic carbocycles. The molecule has 0 aliphatic heterocycles. The van der Waals surface area contributed by atoms with E-state index < -0.39 is 5.97 Å². The molecule has 2 N–H and O–H groups in total. The van der Waals surface area contributed by atoms with Crippen molar-refractivity contribution in [3.63, 3.8) is 0 Å². The fraction of sp³-hybridized carbons (Fsp3) is 0.579. The number of carboxylic acid groups (broad SMARTS) is 1. The molecule has 1 aromatic rings. The molecule has 1 fully saturated rings. The highest BCUT2D eigenvalue weighted by Gasteiger charge is 2.40. The van der Waals surface area contributed by atoms with Crippen molar-refractivity contribution in [2.45, 2.75) is 51.9 Å². The zero-order chi connectivity index (χ0) is 17.4. The minimum absolute atomic E-state index is 0.0815. The summed E-state index contributed by atoms with van der Waals surface area (Å²) in [5.41, 5.74) is 1.42. The second kappa shape index (κ2) is 8.83. The Balaban J connectivity index is 1.95. The van der Waals surface area contributed by atoms with Crippen LogP contribution in [0.25, 0.3) is 0 Å². The van der Waals surface area contributed by atoms with Gasteiger partial charge in [-0.2, -0.15) is 0 Å². The van der Waals surface area contributed by atoms with Gasteiger partial charge in [-0.15, -0.1) is 0 Å². The number of anilines is 1. The number of carbonyl (C=O) groups is 2. The summed E-state index contributed by atoms with van der Waals surface area (Å²) >= 11 is 0. The maximum atomic E-state index is 12.8. The average molecular weight is 333 g/mol. The summed E-state index contributed by atoms with van der Waals surface area (Å²) in [5.74, 6) is -0.720. The molecule has 0 saturated heterocycles. The Morgan fingerprint density at radius 1 is 1.21 bits per heavy atom. The molecule has 1 saturated carbocycles. The normalized spacial score (nSPS) is 16.0. The Kier molecular flexibility index (Phi) is 6.79. The van der Waals surface area contributed by atoms with E-state index in [9.17, 15) is 9.59 Å². The van der Waals surface area contributed by atoms with E-state index in [4.69, 9.17) is 9.84 Å². The number of rotatable bonds is 9. The third-order valence-electron chi connectivity index (χ3n) is 4.81. The van der Waals surface area contributed by atoms with Crippen LogP contribution < -0.4 is 5.32 Å². The second-order valence-electron chi connectivity index (χ2n) is 6.48. The number of aliphatic carboxylic acids is 1. The molecule has 0 atom stereocenters. The van der Waals surface area contributed by atoms with E-state index >= 15 is 0 Å². The summed E-state index contributed by atoms with van der Waals surface area (Å²) < 4.78 is 5.45. The molecule has 5 nitrogen and oxygen atoms in total. The van der Waals surface area contributed by atoms with Crippen LogP contribution in [0.3, 0.4) is 0 Å². The van der Waals surface area contributed by atoms with Crippen LogP contribution in [0.4, 0.5) is 5.69 Å². The number of carboxylic acids is 1. The molecule has 0 unspecified atom stereocenters. The number of hydrogen-bond donors (Lipinski definition) is 2. The first-order valence-electron chi connectivity index (χ1n) is 8.76. The van der Waals surface area contributed by atoms with Crippen molar-refractivity contribution in [2.24, 2.45) is 5.41 Å². The SMILES string of the molecule is CCOCCC1(C(=O)Nc2ccc(CCC(=O)O)cc2)CCCC1. The van der Waals surface area contributed by atoms with E-state index in [1.807, 2.05) is 31.2 Å². The van der Waals surface area contributed by atoms with Crippen LogP contribution in [0.15, 0.2) is 24.3 Å². The minimum atomic E-state index is -0.801. The standard InChI is InChI=1S/C19H27NO4/c1-2-24-14-13-19(11-3-4-12-19)18(23)20-16-8-5-15(6-9-16)7-10-17(21)22/h5-6,8-9H,2-4,7,10-14H2,1H3,(H,20,23)(H,21,22). The molecule has 0 bridgehead atoms. The summed E-state index contributed by atoms with van der Waals surface area (Å²) in [6.45, 7) is 3.26. The van der Waals surface area contributed by atoms with Crippen molar-refractivity contribution in [3.8, 4) is 0 Å². The number of hydrogen-bond acceptors (Lipinski definition) is 3. The van der Waals surface area contributed by atoms with Crippen molar-refractivity contribution in [3.05, 3.63) is 29.8 Å². The summed E-state index contributed by atoms with van der Waals surface area (Å²) in [4.78, 5) is 23.4. The van der Waals surface area contributed by atoms with Crippen molar-refractivity contribution in [1.29, 1.82) is 0 Å². The van der Waals surface area contributed by atoms with Gasteiger partial charge in [-0.25, -0.2) is 0 Å². The molecule has 0 aromatic heterocycles. The third kappa shape index (κ3) is 5.06. The van der Waals surface area contributed by atoms with Crippen LogP contribution in [0.2, 0.25) is 0 Å². The van der Waals surface area contributed by atoms with E-state index in [1.54, 1.807) is 0 Å². The van der Waals surface area contributed by atoms with Gasteiger partial charge < -0.3 is 15.2 Å².